The van der Waals surface area contributed by atoms with Gasteiger partial charge >= 0.3 is 0 Å². The highest BCUT2D eigenvalue weighted by Gasteiger charge is 2.21. The normalized spacial score (nSPS) is 11.3. The molecule has 0 saturated heterocycles. The Balaban J connectivity index is 2.06. The molecule has 0 aromatic heterocycles. The maximum absolute atomic E-state index is 12.4. The van der Waals surface area contributed by atoms with Crippen LogP contribution in [0.5, 0.6) is 0 Å². The molecule has 2 aromatic rings. The van der Waals surface area contributed by atoms with Gasteiger partial charge in [-0.05, 0) is 30.7 Å². The van der Waals surface area contributed by atoms with E-state index in [1.807, 2.05) is 37.3 Å². The summed E-state index contributed by atoms with van der Waals surface area (Å²) < 4.78 is 0. The van der Waals surface area contributed by atoms with Crippen LogP contribution in [0.1, 0.15) is 32.4 Å². The van der Waals surface area contributed by atoms with Crippen molar-refractivity contribution in [2.75, 3.05) is 17.2 Å². The van der Waals surface area contributed by atoms with Crippen LogP contribution < -0.4 is 10.6 Å². The Bertz CT molecular complexity index is 790. The molecule has 6 nitrogen and oxygen atoms in total. The number of amides is 3. The minimum atomic E-state index is -0.303. The molecule has 2 rings (SSSR count). The van der Waals surface area contributed by atoms with Gasteiger partial charge in [0, 0.05) is 25.2 Å². The van der Waals surface area contributed by atoms with Crippen molar-refractivity contribution < 1.29 is 14.4 Å². The molecule has 0 fully saturated rings. The van der Waals surface area contributed by atoms with Crippen molar-refractivity contribution in [3.05, 3.63) is 60.2 Å². The number of rotatable bonds is 6. The van der Waals surface area contributed by atoms with Gasteiger partial charge in [0.25, 0.3) is 0 Å². The number of hydrogen-bond donors (Lipinski definition) is 2. The summed E-state index contributed by atoms with van der Waals surface area (Å²) in [5.74, 6) is -0.667. The van der Waals surface area contributed by atoms with Gasteiger partial charge in [-0.1, -0.05) is 36.4 Å². The van der Waals surface area contributed by atoms with Crippen molar-refractivity contribution in [1.82, 2.24) is 4.90 Å². The predicted molar refractivity (Wildman–Crippen MR) is 102 cm³/mol. The molecule has 0 aliphatic rings. The number of nitrogens with zero attached hydrogens (tertiary/aromatic N) is 1. The average Bonchev–Trinajstić information content (AvgIpc) is 2.59. The fourth-order valence-corrected chi connectivity index (χ4v) is 2.67. The number of anilines is 2. The summed E-state index contributed by atoms with van der Waals surface area (Å²) in [4.78, 5) is 37.1. The molecule has 1 atom stereocenters. The number of hydrogen-bond acceptors (Lipinski definition) is 3. The number of benzene rings is 2. The van der Waals surface area contributed by atoms with Crippen molar-refractivity contribution >= 4 is 29.1 Å². The molecule has 0 heterocycles. The molecular formula is C20H23N3O3. The van der Waals surface area contributed by atoms with E-state index >= 15 is 0 Å². The smallest absolute Gasteiger partial charge is 0.244 e. The molecule has 0 aliphatic carbocycles. The van der Waals surface area contributed by atoms with E-state index in [2.05, 4.69) is 10.6 Å². The van der Waals surface area contributed by atoms with Crippen LogP contribution in [0.4, 0.5) is 11.4 Å². The van der Waals surface area contributed by atoms with E-state index in [1.54, 1.807) is 24.3 Å². The fourth-order valence-electron chi connectivity index (χ4n) is 2.67. The first-order valence-corrected chi connectivity index (χ1v) is 8.36. The topological polar surface area (TPSA) is 78.5 Å². The molecule has 0 spiro atoms. The van der Waals surface area contributed by atoms with Crippen molar-refractivity contribution in [3.8, 4) is 0 Å². The monoisotopic (exact) mass is 353 g/mol. The van der Waals surface area contributed by atoms with Gasteiger partial charge in [0.15, 0.2) is 0 Å². The van der Waals surface area contributed by atoms with Crippen molar-refractivity contribution in [2.24, 2.45) is 0 Å². The summed E-state index contributed by atoms with van der Waals surface area (Å²) in [5.41, 5.74) is 2.11. The highest BCUT2D eigenvalue weighted by molar-refractivity contribution is 5.95. The predicted octanol–water partition coefficient (Wildman–Crippen LogP) is 3.19. The highest BCUT2D eigenvalue weighted by Crippen LogP contribution is 2.20. The van der Waals surface area contributed by atoms with E-state index in [9.17, 15) is 14.4 Å². The lowest BCUT2D eigenvalue weighted by Crippen LogP contribution is -2.38. The minimum absolute atomic E-state index is 0.0598. The second kappa shape index (κ2) is 8.80. The van der Waals surface area contributed by atoms with Gasteiger partial charge in [0.05, 0.1) is 6.04 Å². The third kappa shape index (κ3) is 5.44. The Kier molecular flexibility index (Phi) is 6.49. The van der Waals surface area contributed by atoms with Crippen LogP contribution >= 0.6 is 0 Å². The summed E-state index contributed by atoms with van der Waals surface area (Å²) in [6, 6.07) is 16.2. The highest BCUT2D eigenvalue weighted by atomic mass is 16.2. The SMILES string of the molecule is CC(=O)Nc1cccc(NC(=O)CN(C(C)=O)C(C)c2ccccc2)c1. The largest absolute Gasteiger partial charge is 0.327 e. The van der Waals surface area contributed by atoms with E-state index in [-0.39, 0.29) is 30.3 Å². The standard InChI is InChI=1S/C20H23N3O3/c1-14(17-8-5-4-6-9-17)23(16(3)25)13-20(26)22-19-11-7-10-18(12-19)21-15(2)24/h4-12,14H,13H2,1-3H3,(H,21,24)(H,22,26). The van der Waals surface area contributed by atoms with Crippen molar-refractivity contribution in [2.45, 2.75) is 26.8 Å². The molecule has 0 radical (unpaired) electrons. The van der Waals surface area contributed by atoms with Crippen LogP contribution in [0.2, 0.25) is 0 Å². The number of carbonyl (C=O) groups excluding carboxylic acids is 3. The Morgan fingerprint density at radius 2 is 1.54 bits per heavy atom. The maximum Gasteiger partial charge on any atom is 0.244 e. The molecule has 26 heavy (non-hydrogen) atoms. The lowest BCUT2D eigenvalue weighted by molar-refractivity contribution is -0.134. The van der Waals surface area contributed by atoms with E-state index in [1.165, 1.54) is 18.7 Å². The lowest BCUT2D eigenvalue weighted by atomic mass is 10.1. The Morgan fingerprint density at radius 1 is 0.923 bits per heavy atom. The molecule has 6 heteroatoms. The summed E-state index contributed by atoms with van der Waals surface area (Å²) in [7, 11) is 0. The number of nitrogens with one attached hydrogen (secondary N) is 2. The van der Waals surface area contributed by atoms with Crippen molar-refractivity contribution in [3.63, 3.8) is 0 Å². The average molecular weight is 353 g/mol. The van der Waals surface area contributed by atoms with Crippen LogP contribution in [-0.4, -0.2) is 29.2 Å². The molecular weight excluding hydrogens is 330 g/mol. The molecule has 2 aromatic carbocycles. The van der Waals surface area contributed by atoms with Crippen LogP contribution in [0.3, 0.4) is 0 Å². The molecule has 136 valence electrons. The van der Waals surface area contributed by atoms with E-state index in [4.69, 9.17) is 0 Å². The van der Waals surface area contributed by atoms with E-state index < -0.39 is 0 Å². The van der Waals surface area contributed by atoms with Gasteiger partial charge in [-0.3, -0.25) is 14.4 Å². The zero-order valence-corrected chi connectivity index (χ0v) is 15.2. The van der Waals surface area contributed by atoms with Crippen LogP contribution in [-0.2, 0) is 14.4 Å². The van der Waals surface area contributed by atoms with Gasteiger partial charge in [-0.25, -0.2) is 0 Å². The summed E-state index contributed by atoms with van der Waals surface area (Å²) in [6.07, 6.45) is 0. The van der Waals surface area contributed by atoms with Gasteiger partial charge in [0.2, 0.25) is 17.7 Å². The second-order valence-corrected chi connectivity index (χ2v) is 6.04. The Morgan fingerprint density at radius 3 is 2.12 bits per heavy atom. The van der Waals surface area contributed by atoms with Crippen LogP contribution in [0.25, 0.3) is 0 Å². The van der Waals surface area contributed by atoms with Crippen molar-refractivity contribution in [1.29, 1.82) is 0 Å². The molecule has 0 saturated carbocycles. The zero-order valence-electron chi connectivity index (χ0n) is 15.2. The Labute approximate surface area is 153 Å². The van der Waals surface area contributed by atoms with Gasteiger partial charge in [0.1, 0.15) is 6.54 Å². The Hall–Kier alpha value is -3.15. The molecule has 2 N–H and O–H groups in total. The van der Waals surface area contributed by atoms with Crippen LogP contribution in [0, 0.1) is 0 Å². The van der Waals surface area contributed by atoms with Gasteiger partial charge in [-0.15, -0.1) is 0 Å². The number of carbonyl (C=O) groups is 3. The first-order valence-electron chi connectivity index (χ1n) is 8.36. The van der Waals surface area contributed by atoms with E-state index in [0.29, 0.717) is 11.4 Å². The second-order valence-electron chi connectivity index (χ2n) is 6.04. The van der Waals surface area contributed by atoms with Gasteiger partial charge < -0.3 is 15.5 Å². The van der Waals surface area contributed by atoms with Crippen LogP contribution in [0.15, 0.2) is 54.6 Å². The third-order valence-electron chi connectivity index (χ3n) is 3.93. The quantitative estimate of drug-likeness (QED) is 0.837. The molecule has 0 aliphatic heterocycles. The summed E-state index contributed by atoms with van der Waals surface area (Å²) >= 11 is 0. The first-order chi connectivity index (χ1) is 12.4. The van der Waals surface area contributed by atoms with Gasteiger partial charge in [-0.2, -0.15) is 0 Å². The minimum Gasteiger partial charge on any atom is -0.327 e. The summed E-state index contributed by atoms with van der Waals surface area (Å²) in [6.45, 7) is 4.70. The lowest BCUT2D eigenvalue weighted by Gasteiger charge is -2.28. The van der Waals surface area contributed by atoms with E-state index in [0.717, 1.165) is 5.56 Å². The zero-order chi connectivity index (χ0) is 19.1. The first kappa shape index (κ1) is 19.2. The molecule has 1 unspecified atom stereocenters. The molecule has 0 bridgehead atoms. The fraction of sp³-hybridized carbons (Fsp3) is 0.250. The summed E-state index contributed by atoms with van der Waals surface area (Å²) in [5, 5.41) is 5.43. The maximum atomic E-state index is 12.4. The molecule has 3 amide bonds. The third-order valence-corrected chi connectivity index (χ3v) is 3.93.